The fourth-order valence-corrected chi connectivity index (χ4v) is 2.54. The molecule has 0 saturated heterocycles. The van der Waals surface area contributed by atoms with E-state index in [1.54, 1.807) is 0 Å². The standard InChI is InChI=1S/C18H22ClNO/c1-12(2)21-16-7-5-6-14(10-16)18(20-4)15-9-8-13(3)17(19)11-15/h5-12,18,20H,1-4H3. The molecule has 1 N–H and O–H groups in total. The second kappa shape index (κ2) is 6.97. The van der Waals surface area contributed by atoms with Gasteiger partial charge in [0.15, 0.2) is 0 Å². The van der Waals surface area contributed by atoms with Gasteiger partial charge in [-0.2, -0.15) is 0 Å². The number of nitrogens with one attached hydrogen (secondary N) is 1. The van der Waals surface area contributed by atoms with Crippen LogP contribution in [-0.4, -0.2) is 13.2 Å². The highest BCUT2D eigenvalue weighted by molar-refractivity contribution is 6.31. The Hall–Kier alpha value is -1.51. The minimum Gasteiger partial charge on any atom is -0.491 e. The van der Waals surface area contributed by atoms with Crippen molar-refractivity contribution >= 4 is 11.6 Å². The van der Waals surface area contributed by atoms with Gasteiger partial charge < -0.3 is 10.1 Å². The van der Waals surface area contributed by atoms with Crippen LogP contribution in [0.1, 0.15) is 36.6 Å². The quantitative estimate of drug-likeness (QED) is 0.861. The number of aryl methyl sites for hydroxylation is 1. The maximum Gasteiger partial charge on any atom is 0.120 e. The van der Waals surface area contributed by atoms with Gasteiger partial charge in [-0.3, -0.25) is 0 Å². The number of hydrogen-bond acceptors (Lipinski definition) is 2. The first-order valence-electron chi connectivity index (χ1n) is 7.21. The van der Waals surface area contributed by atoms with E-state index in [0.717, 1.165) is 27.5 Å². The van der Waals surface area contributed by atoms with Gasteiger partial charge in [0.05, 0.1) is 12.1 Å². The highest BCUT2D eigenvalue weighted by Crippen LogP contribution is 2.28. The molecule has 0 aliphatic carbocycles. The summed E-state index contributed by atoms with van der Waals surface area (Å²) < 4.78 is 5.77. The van der Waals surface area contributed by atoms with Crippen molar-refractivity contribution < 1.29 is 4.74 Å². The molecule has 3 heteroatoms. The third-order valence-electron chi connectivity index (χ3n) is 3.38. The number of halogens is 1. The molecule has 0 fully saturated rings. The van der Waals surface area contributed by atoms with Crippen molar-refractivity contribution in [3.05, 3.63) is 64.2 Å². The van der Waals surface area contributed by atoms with Gasteiger partial charge in [-0.15, -0.1) is 0 Å². The topological polar surface area (TPSA) is 21.3 Å². The number of rotatable bonds is 5. The summed E-state index contributed by atoms with van der Waals surface area (Å²) >= 11 is 6.25. The van der Waals surface area contributed by atoms with E-state index >= 15 is 0 Å². The molecule has 1 unspecified atom stereocenters. The molecular formula is C18H22ClNO. The summed E-state index contributed by atoms with van der Waals surface area (Å²) in [5.74, 6) is 0.890. The molecule has 0 aliphatic heterocycles. The zero-order chi connectivity index (χ0) is 15.4. The van der Waals surface area contributed by atoms with Crippen LogP contribution in [0.2, 0.25) is 5.02 Å². The average Bonchev–Trinajstić information content (AvgIpc) is 2.43. The van der Waals surface area contributed by atoms with E-state index < -0.39 is 0 Å². The maximum absolute atomic E-state index is 6.25. The molecule has 0 aliphatic rings. The Bertz CT molecular complexity index is 610. The van der Waals surface area contributed by atoms with Crippen LogP contribution in [0.25, 0.3) is 0 Å². The van der Waals surface area contributed by atoms with Gasteiger partial charge in [0.2, 0.25) is 0 Å². The highest BCUT2D eigenvalue weighted by Gasteiger charge is 2.14. The molecule has 2 rings (SSSR count). The van der Waals surface area contributed by atoms with Crippen molar-refractivity contribution in [2.45, 2.75) is 32.9 Å². The summed E-state index contributed by atoms with van der Waals surface area (Å²) in [6.07, 6.45) is 0.169. The Morgan fingerprint density at radius 1 is 1.05 bits per heavy atom. The number of benzene rings is 2. The van der Waals surface area contributed by atoms with Crippen LogP contribution in [-0.2, 0) is 0 Å². The van der Waals surface area contributed by atoms with Crippen LogP contribution in [0.15, 0.2) is 42.5 Å². The van der Waals surface area contributed by atoms with Crippen molar-refractivity contribution in [3.63, 3.8) is 0 Å². The van der Waals surface area contributed by atoms with E-state index in [-0.39, 0.29) is 12.1 Å². The van der Waals surface area contributed by atoms with E-state index in [1.165, 1.54) is 0 Å². The fourth-order valence-electron chi connectivity index (χ4n) is 2.35. The van der Waals surface area contributed by atoms with Gasteiger partial charge >= 0.3 is 0 Å². The minimum absolute atomic E-state index is 0.0961. The Balaban J connectivity index is 2.34. The Kier molecular flexibility index (Phi) is 5.27. The molecule has 0 spiro atoms. The molecule has 0 aromatic heterocycles. The molecule has 0 bridgehead atoms. The minimum atomic E-state index is 0.0961. The van der Waals surface area contributed by atoms with Crippen LogP contribution < -0.4 is 10.1 Å². The molecule has 2 aromatic carbocycles. The Labute approximate surface area is 132 Å². The lowest BCUT2D eigenvalue weighted by atomic mass is 9.98. The van der Waals surface area contributed by atoms with Gasteiger partial charge in [0.25, 0.3) is 0 Å². The van der Waals surface area contributed by atoms with Crippen molar-refractivity contribution in [2.24, 2.45) is 0 Å². The third-order valence-corrected chi connectivity index (χ3v) is 3.79. The van der Waals surface area contributed by atoms with Crippen molar-refractivity contribution in [1.82, 2.24) is 5.32 Å². The molecule has 0 radical (unpaired) electrons. The normalized spacial score (nSPS) is 12.5. The first-order chi connectivity index (χ1) is 10.0. The maximum atomic E-state index is 6.25. The third kappa shape index (κ3) is 3.99. The zero-order valence-corrected chi connectivity index (χ0v) is 13.7. The molecule has 2 nitrogen and oxygen atoms in total. The summed E-state index contributed by atoms with van der Waals surface area (Å²) in [5.41, 5.74) is 3.40. The lowest BCUT2D eigenvalue weighted by molar-refractivity contribution is 0.242. The van der Waals surface area contributed by atoms with Gasteiger partial charge in [-0.05, 0) is 62.7 Å². The van der Waals surface area contributed by atoms with Gasteiger partial charge in [-0.1, -0.05) is 35.9 Å². The average molecular weight is 304 g/mol. The first-order valence-corrected chi connectivity index (χ1v) is 7.59. The highest BCUT2D eigenvalue weighted by atomic mass is 35.5. The summed E-state index contributed by atoms with van der Waals surface area (Å²) in [6, 6.07) is 14.5. The van der Waals surface area contributed by atoms with Crippen LogP contribution in [0.4, 0.5) is 0 Å². The molecule has 0 heterocycles. The van der Waals surface area contributed by atoms with Gasteiger partial charge in [-0.25, -0.2) is 0 Å². The van der Waals surface area contributed by atoms with E-state index in [0.29, 0.717) is 0 Å². The summed E-state index contributed by atoms with van der Waals surface area (Å²) in [4.78, 5) is 0. The van der Waals surface area contributed by atoms with E-state index in [4.69, 9.17) is 16.3 Å². The summed E-state index contributed by atoms with van der Waals surface area (Å²) in [6.45, 7) is 6.07. The first kappa shape index (κ1) is 15.9. The molecule has 21 heavy (non-hydrogen) atoms. The largest absolute Gasteiger partial charge is 0.491 e. The van der Waals surface area contributed by atoms with E-state index in [1.807, 2.05) is 46.0 Å². The molecule has 2 aromatic rings. The van der Waals surface area contributed by atoms with E-state index in [2.05, 4.69) is 29.6 Å². The van der Waals surface area contributed by atoms with Crippen LogP contribution in [0, 0.1) is 6.92 Å². The molecule has 112 valence electrons. The van der Waals surface area contributed by atoms with Crippen molar-refractivity contribution in [1.29, 1.82) is 0 Å². The summed E-state index contributed by atoms with van der Waals surface area (Å²) in [7, 11) is 1.95. The Morgan fingerprint density at radius 2 is 1.76 bits per heavy atom. The molecule has 1 atom stereocenters. The summed E-state index contributed by atoms with van der Waals surface area (Å²) in [5, 5.41) is 4.14. The Morgan fingerprint density at radius 3 is 2.38 bits per heavy atom. The second-order valence-electron chi connectivity index (χ2n) is 5.47. The van der Waals surface area contributed by atoms with Crippen molar-refractivity contribution in [2.75, 3.05) is 7.05 Å². The number of hydrogen-bond donors (Lipinski definition) is 1. The molecule has 0 saturated carbocycles. The van der Waals surface area contributed by atoms with Gasteiger partial charge in [0, 0.05) is 5.02 Å². The molecule has 0 amide bonds. The van der Waals surface area contributed by atoms with Crippen LogP contribution in [0.3, 0.4) is 0 Å². The lowest BCUT2D eigenvalue weighted by Gasteiger charge is -2.19. The lowest BCUT2D eigenvalue weighted by Crippen LogP contribution is -2.18. The smallest absolute Gasteiger partial charge is 0.120 e. The molecular weight excluding hydrogens is 282 g/mol. The number of ether oxygens (including phenoxy) is 1. The second-order valence-corrected chi connectivity index (χ2v) is 5.88. The predicted molar refractivity (Wildman–Crippen MR) is 89.3 cm³/mol. The predicted octanol–water partition coefficient (Wildman–Crippen LogP) is 4.74. The zero-order valence-electron chi connectivity index (χ0n) is 13.0. The SMILES string of the molecule is CNC(c1cccc(OC(C)C)c1)c1ccc(C)c(Cl)c1. The van der Waals surface area contributed by atoms with Crippen LogP contribution >= 0.6 is 11.6 Å². The fraction of sp³-hybridized carbons (Fsp3) is 0.333. The van der Waals surface area contributed by atoms with Crippen molar-refractivity contribution in [3.8, 4) is 5.75 Å². The van der Waals surface area contributed by atoms with E-state index in [9.17, 15) is 0 Å². The van der Waals surface area contributed by atoms with Gasteiger partial charge in [0.1, 0.15) is 5.75 Å². The van der Waals surface area contributed by atoms with Crippen LogP contribution in [0.5, 0.6) is 5.75 Å². The monoisotopic (exact) mass is 303 g/mol.